The fourth-order valence-electron chi connectivity index (χ4n) is 14.7. The number of rotatable bonds is 30. The van der Waals surface area contributed by atoms with Gasteiger partial charge in [-0.2, -0.15) is 0 Å². The van der Waals surface area contributed by atoms with Crippen molar-refractivity contribution < 1.29 is 4.74 Å². The first-order valence-corrected chi connectivity index (χ1v) is 27.7. The van der Waals surface area contributed by atoms with Crippen molar-refractivity contribution >= 4 is 0 Å². The predicted octanol–water partition coefficient (Wildman–Crippen LogP) is 19.0. The SMILES string of the molecule is CCCCCCCC/C=C\CCCCCCCCCCC(CC1CCCCC1)OCCC[C@H]1CC[C@@]2(C)C(=CC[C@H]3C4CCC([C@H](C)CCCC(C)C)[C@@]4(C)CCC32)C1. The van der Waals surface area contributed by atoms with Gasteiger partial charge in [-0.25, -0.2) is 0 Å². The van der Waals surface area contributed by atoms with Gasteiger partial charge >= 0.3 is 0 Å². The molecule has 5 aliphatic carbocycles. The lowest BCUT2D eigenvalue weighted by Gasteiger charge is -2.58. The van der Waals surface area contributed by atoms with E-state index in [1.165, 1.54) is 231 Å². The second-order valence-electron chi connectivity index (χ2n) is 23.2. The lowest BCUT2D eigenvalue weighted by molar-refractivity contribution is -0.0532. The van der Waals surface area contributed by atoms with E-state index >= 15 is 0 Å². The molecule has 1 nitrogen and oxygen atoms in total. The molecule has 5 rings (SSSR count). The molecule has 0 aliphatic heterocycles. The Labute approximate surface area is 370 Å². The fourth-order valence-corrected chi connectivity index (χ4v) is 14.7. The lowest BCUT2D eigenvalue weighted by Crippen LogP contribution is -2.50. The molecule has 4 unspecified atom stereocenters. The standard InChI is InChI=1S/C58H104O/c1-7-8-9-10-11-12-13-14-15-16-17-18-19-20-21-22-23-27-35-52(46-49-32-25-24-26-33-49)59-44-29-34-50-40-42-57(5)51(45-50)36-37-53-55-39-38-54(48(4)31-28-30-47(2)3)58(55,6)43-41-56(53)57/h14-15,36,47-50,52-56H,7-13,16-35,37-46H2,1-6H3/b15-14-/t48-,50+,52?,53+,54?,55?,56?,57+,58-/m1/s1. The van der Waals surface area contributed by atoms with Crippen LogP contribution in [0, 0.1) is 58.2 Å². The number of hydrogen-bond acceptors (Lipinski definition) is 1. The van der Waals surface area contributed by atoms with Crippen LogP contribution < -0.4 is 0 Å². The van der Waals surface area contributed by atoms with Gasteiger partial charge in [-0.15, -0.1) is 0 Å². The van der Waals surface area contributed by atoms with Crippen molar-refractivity contribution in [2.45, 2.75) is 279 Å². The van der Waals surface area contributed by atoms with Crippen LogP contribution in [-0.2, 0) is 4.74 Å². The Balaban J connectivity index is 0.955. The zero-order valence-electron chi connectivity index (χ0n) is 41.0. The van der Waals surface area contributed by atoms with Crippen molar-refractivity contribution in [2.75, 3.05) is 6.61 Å². The summed E-state index contributed by atoms with van der Waals surface area (Å²) in [5, 5.41) is 0. The minimum atomic E-state index is 0.493. The maximum Gasteiger partial charge on any atom is 0.0577 e. The van der Waals surface area contributed by atoms with Crippen molar-refractivity contribution in [3.05, 3.63) is 23.8 Å². The van der Waals surface area contributed by atoms with Crippen LogP contribution in [-0.4, -0.2) is 12.7 Å². The molecule has 0 N–H and O–H groups in total. The average Bonchev–Trinajstić information content (AvgIpc) is 3.59. The van der Waals surface area contributed by atoms with Gasteiger partial charge in [0.25, 0.3) is 0 Å². The van der Waals surface area contributed by atoms with Crippen LogP contribution in [0.25, 0.3) is 0 Å². The highest BCUT2D eigenvalue weighted by molar-refractivity contribution is 5.25. The Kier molecular flexibility index (Phi) is 22.6. The number of hydrogen-bond donors (Lipinski definition) is 0. The van der Waals surface area contributed by atoms with E-state index in [4.69, 9.17) is 4.74 Å². The first kappa shape index (κ1) is 49.5. The van der Waals surface area contributed by atoms with Crippen LogP contribution in [0.5, 0.6) is 0 Å². The van der Waals surface area contributed by atoms with Crippen molar-refractivity contribution in [1.82, 2.24) is 0 Å². The molecule has 59 heavy (non-hydrogen) atoms. The molecule has 0 heterocycles. The van der Waals surface area contributed by atoms with Gasteiger partial charge < -0.3 is 4.74 Å². The molecule has 0 aromatic carbocycles. The molecule has 0 amide bonds. The van der Waals surface area contributed by atoms with Gasteiger partial charge in [0.1, 0.15) is 0 Å². The fraction of sp³-hybridized carbons (Fsp3) is 0.931. The summed E-state index contributed by atoms with van der Waals surface area (Å²) in [6, 6.07) is 0. The molecule has 0 spiro atoms. The Bertz CT molecular complexity index is 1160. The third-order valence-corrected chi connectivity index (χ3v) is 18.4. The minimum Gasteiger partial charge on any atom is -0.378 e. The van der Waals surface area contributed by atoms with E-state index in [0.717, 1.165) is 54.0 Å². The molecule has 0 radical (unpaired) electrons. The van der Waals surface area contributed by atoms with Gasteiger partial charge in [-0.05, 0) is 161 Å². The number of fused-ring (bicyclic) bond motifs is 5. The lowest BCUT2D eigenvalue weighted by atomic mass is 9.46. The summed E-state index contributed by atoms with van der Waals surface area (Å²) in [5.41, 5.74) is 3.00. The first-order valence-electron chi connectivity index (χ1n) is 27.7. The average molecular weight is 817 g/mol. The third-order valence-electron chi connectivity index (χ3n) is 18.4. The highest BCUT2D eigenvalue weighted by Gasteiger charge is 2.59. The number of allylic oxidation sites excluding steroid dienone is 4. The van der Waals surface area contributed by atoms with Gasteiger partial charge in [0.05, 0.1) is 6.10 Å². The van der Waals surface area contributed by atoms with Gasteiger partial charge in [-0.3, -0.25) is 0 Å². The Morgan fingerprint density at radius 3 is 2.02 bits per heavy atom. The van der Waals surface area contributed by atoms with Crippen molar-refractivity contribution in [3.63, 3.8) is 0 Å². The Morgan fingerprint density at radius 2 is 1.32 bits per heavy atom. The van der Waals surface area contributed by atoms with Crippen molar-refractivity contribution in [2.24, 2.45) is 58.2 Å². The predicted molar refractivity (Wildman–Crippen MR) is 260 cm³/mol. The first-order chi connectivity index (χ1) is 28.7. The summed E-state index contributed by atoms with van der Waals surface area (Å²) in [6.07, 6.45) is 59.6. The van der Waals surface area contributed by atoms with E-state index in [-0.39, 0.29) is 0 Å². The zero-order chi connectivity index (χ0) is 41.8. The largest absolute Gasteiger partial charge is 0.378 e. The summed E-state index contributed by atoms with van der Waals surface area (Å²) in [4.78, 5) is 0. The number of ether oxygens (including phenoxy) is 1. The quantitative estimate of drug-likeness (QED) is 0.0518. The van der Waals surface area contributed by atoms with Gasteiger partial charge in [-0.1, -0.05) is 194 Å². The maximum atomic E-state index is 6.85. The molecular formula is C58H104O. The molecule has 0 aromatic heterocycles. The van der Waals surface area contributed by atoms with Gasteiger partial charge in [0, 0.05) is 6.61 Å². The van der Waals surface area contributed by atoms with E-state index in [0.29, 0.717) is 16.9 Å². The van der Waals surface area contributed by atoms with Gasteiger partial charge in [0.15, 0.2) is 0 Å². The molecule has 4 saturated carbocycles. The molecular weight excluding hydrogens is 713 g/mol. The highest BCUT2D eigenvalue weighted by Crippen LogP contribution is 2.67. The topological polar surface area (TPSA) is 9.23 Å². The van der Waals surface area contributed by atoms with E-state index in [2.05, 4.69) is 59.8 Å². The number of unbranched alkanes of at least 4 members (excludes halogenated alkanes) is 14. The highest BCUT2D eigenvalue weighted by atomic mass is 16.5. The van der Waals surface area contributed by atoms with Crippen molar-refractivity contribution in [1.29, 1.82) is 0 Å². The normalized spacial score (nSPS) is 31.0. The van der Waals surface area contributed by atoms with E-state index < -0.39 is 0 Å². The second kappa shape index (κ2) is 26.9. The van der Waals surface area contributed by atoms with E-state index in [1.807, 2.05) is 5.57 Å². The maximum absolute atomic E-state index is 6.85. The van der Waals surface area contributed by atoms with Crippen LogP contribution >= 0.6 is 0 Å². The van der Waals surface area contributed by atoms with E-state index in [9.17, 15) is 0 Å². The molecule has 1 heteroatoms. The molecule has 4 fully saturated rings. The summed E-state index contributed by atoms with van der Waals surface area (Å²) in [5.74, 6) is 7.48. The third kappa shape index (κ3) is 15.6. The minimum absolute atomic E-state index is 0.493. The van der Waals surface area contributed by atoms with Gasteiger partial charge in [0.2, 0.25) is 0 Å². The Morgan fingerprint density at radius 1 is 0.644 bits per heavy atom. The van der Waals surface area contributed by atoms with Crippen LogP contribution in [0.2, 0.25) is 0 Å². The Hall–Kier alpha value is -0.560. The van der Waals surface area contributed by atoms with Crippen molar-refractivity contribution in [3.8, 4) is 0 Å². The molecule has 342 valence electrons. The van der Waals surface area contributed by atoms with E-state index in [1.54, 1.807) is 0 Å². The molecule has 0 aromatic rings. The molecule has 9 atom stereocenters. The van der Waals surface area contributed by atoms with Crippen LogP contribution in [0.4, 0.5) is 0 Å². The summed E-state index contributed by atoms with van der Waals surface area (Å²) >= 11 is 0. The van der Waals surface area contributed by atoms with Crippen LogP contribution in [0.1, 0.15) is 273 Å². The molecule has 0 saturated heterocycles. The van der Waals surface area contributed by atoms with Crippen LogP contribution in [0.3, 0.4) is 0 Å². The second-order valence-corrected chi connectivity index (χ2v) is 23.2. The smallest absolute Gasteiger partial charge is 0.0577 e. The monoisotopic (exact) mass is 817 g/mol. The summed E-state index contributed by atoms with van der Waals surface area (Å²) in [6.45, 7) is 16.3. The van der Waals surface area contributed by atoms with Crippen LogP contribution in [0.15, 0.2) is 23.8 Å². The molecule has 0 bridgehead atoms. The summed E-state index contributed by atoms with van der Waals surface area (Å²) in [7, 11) is 0. The zero-order valence-corrected chi connectivity index (χ0v) is 41.0. The molecule has 5 aliphatic rings. The summed E-state index contributed by atoms with van der Waals surface area (Å²) < 4.78 is 6.85.